The third-order valence-corrected chi connectivity index (χ3v) is 3.39. The molecule has 0 bridgehead atoms. The predicted molar refractivity (Wildman–Crippen MR) is 84.9 cm³/mol. The molecule has 110 valence electrons. The highest BCUT2D eigenvalue weighted by molar-refractivity contribution is 9.10. The lowest BCUT2D eigenvalue weighted by Crippen LogP contribution is -2.25. The molecule has 5 nitrogen and oxygen atoms in total. The Morgan fingerprint density at radius 1 is 1.52 bits per heavy atom. The fourth-order valence-corrected chi connectivity index (χ4v) is 2.22. The molecule has 6 heteroatoms. The molecule has 0 spiro atoms. The number of nitrogens with zero attached hydrogens (tertiary/aromatic N) is 1. The first kappa shape index (κ1) is 15.3. The summed E-state index contributed by atoms with van der Waals surface area (Å²) in [6, 6.07) is 5.43. The molecule has 0 aliphatic carbocycles. The summed E-state index contributed by atoms with van der Waals surface area (Å²) in [5, 5.41) is 2.83. The van der Waals surface area contributed by atoms with Crippen molar-refractivity contribution >= 4 is 27.9 Å². The molecule has 1 aromatic carbocycles. The summed E-state index contributed by atoms with van der Waals surface area (Å²) < 4.78 is 6.18. The Bertz CT molecular complexity index is 638. The zero-order chi connectivity index (χ0) is 15.2. The molecule has 0 aliphatic rings. The smallest absolute Gasteiger partial charge is 0.244 e. The normalized spacial score (nSPS) is 12.3. The van der Waals surface area contributed by atoms with Gasteiger partial charge in [0.2, 0.25) is 5.91 Å². The maximum atomic E-state index is 11.9. The first-order valence-electron chi connectivity index (χ1n) is 6.41. The van der Waals surface area contributed by atoms with E-state index in [4.69, 9.17) is 4.74 Å². The maximum Gasteiger partial charge on any atom is 0.244 e. The molecule has 2 N–H and O–H groups in total. The second kappa shape index (κ2) is 7.08. The summed E-state index contributed by atoms with van der Waals surface area (Å²) in [6.07, 6.45) is 6.57. The van der Waals surface area contributed by atoms with Crippen molar-refractivity contribution in [2.75, 3.05) is 7.11 Å². The SMILES string of the molecule is COc1ccc(Br)cc1/C=C/C(=O)NC(C)c1ncc[nH]1. The summed E-state index contributed by atoms with van der Waals surface area (Å²) in [5.41, 5.74) is 0.827. The van der Waals surface area contributed by atoms with Crippen molar-refractivity contribution in [2.24, 2.45) is 0 Å². The van der Waals surface area contributed by atoms with Crippen LogP contribution in [0.4, 0.5) is 0 Å². The van der Waals surface area contributed by atoms with E-state index in [1.807, 2.05) is 25.1 Å². The van der Waals surface area contributed by atoms with E-state index in [9.17, 15) is 4.79 Å². The summed E-state index contributed by atoms with van der Waals surface area (Å²) >= 11 is 3.40. The number of methoxy groups -OCH3 is 1. The van der Waals surface area contributed by atoms with Gasteiger partial charge in [0.05, 0.1) is 13.2 Å². The minimum absolute atomic E-state index is 0.179. The van der Waals surface area contributed by atoms with Crippen LogP contribution in [0.25, 0.3) is 6.08 Å². The number of rotatable bonds is 5. The van der Waals surface area contributed by atoms with E-state index in [0.717, 1.165) is 15.9 Å². The first-order chi connectivity index (χ1) is 10.1. The van der Waals surface area contributed by atoms with Crippen molar-refractivity contribution in [1.29, 1.82) is 0 Å². The lowest BCUT2D eigenvalue weighted by atomic mass is 10.2. The number of halogens is 1. The van der Waals surface area contributed by atoms with E-state index in [0.29, 0.717) is 5.75 Å². The number of benzene rings is 1. The summed E-state index contributed by atoms with van der Waals surface area (Å²) in [5.74, 6) is 1.24. The quantitative estimate of drug-likeness (QED) is 0.815. The molecule has 2 rings (SSSR count). The van der Waals surface area contributed by atoms with E-state index < -0.39 is 0 Å². The van der Waals surface area contributed by atoms with Crippen LogP contribution in [0.3, 0.4) is 0 Å². The highest BCUT2D eigenvalue weighted by Gasteiger charge is 2.09. The molecule has 1 heterocycles. The monoisotopic (exact) mass is 349 g/mol. The van der Waals surface area contributed by atoms with Gasteiger partial charge >= 0.3 is 0 Å². The second-order valence-electron chi connectivity index (χ2n) is 4.42. The zero-order valence-electron chi connectivity index (χ0n) is 11.8. The third-order valence-electron chi connectivity index (χ3n) is 2.89. The number of nitrogens with one attached hydrogen (secondary N) is 2. The van der Waals surface area contributed by atoms with Gasteiger partial charge in [-0.05, 0) is 31.2 Å². The maximum absolute atomic E-state index is 11.9. The highest BCUT2D eigenvalue weighted by atomic mass is 79.9. The number of aromatic amines is 1. The molecule has 1 atom stereocenters. The van der Waals surface area contributed by atoms with Crippen molar-refractivity contribution < 1.29 is 9.53 Å². The number of H-pyrrole nitrogens is 1. The average molecular weight is 350 g/mol. The molecule has 1 amide bonds. The minimum atomic E-state index is -0.194. The van der Waals surface area contributed by atoms with Crippen LogP contribution in [0, 0.1) is 0 Å². The second-order valence-corrected chi connectivity index (χ2v) is 5.34. The first-order valence-corrected chi connectivity index (χ1v) is 7.21. The Morgan fingerprint density at radius 2 is 2.33 bits per heavy atom. The lowest BCUT2D eigenvalue weighted by Gasteiger charge is -2.09. The molecule has 0 aliphatic heterocycles. The van der Waals surface area contributed by atoms with Gasteiger partial charge in [0.25, 0.3) is 0 Å². The van der Waals surface area contributed by atoms with Crippen LogP contribution in [-0.2, 0) is 4.79 Å². The van der Waals surface area contributed by atoms with Gasteiger partial charge in [0.15, 0.2) is 0 Å². The average Bonchev–Trinajstić information content (AvgIpc) is 2.99. The van der Waals surface area contributed by atoms with E-state index in [-0.39, 0.29) is 11.9 Å². The lowest BCUT2D eigenvalue weighted by molar-refractivity contribution is -0.117. The molecule has 2 aromatic rings. The standard InChI is InChI=1S/C15H16BrN3O2/c1-10(15-17-7-8-18-15)19-14(20)6-3-11-9-12(16)4-5-13(11)21-2/h3-10H,1-2H3,(H,17,18)(H,19,20)/b6-3+. The van der Waals surface area contributed by atoms with Gasteiger partial charge in [0.1, 0.15) is 11.6 Å². The Hall–Kier alpha value is -2.08. The fourth-order valence-electron chi connectivity index (χ4n) is 1.85. The Morgan fingerprint density at radius 3 is 3.00 bits per heavy atom. The zero-order valence-corrected chi connectivity index (χ0v) is 13.3. The van der Waals surface area contributed by atoms with Crippen molar-refractivity contribution in [3.63, 3.8) is 0 Å². The summed E-state index contributed by atoms with van der Waals surface area (Å²) in [7, 11) is 1.60. The number of aromatic nitrogens is 2. The molecule has 0 saturated carbocycles. The molecule has 21 heavy (non-hydrogen) atoms. The number of hydrogen-bond donors (Lipinski definition) is 2. The van der Waals surface area contributed by atoms with Crippen molar-refractivity contribution in [2.45, 2.75) is 13.0 Å². The van der Waals surface area contributed by atoms with E-state index in [1.165, 1.54) is 6.08 Å². The van der Waals surface area contributed by atoms with Crippen LogP contribution < -0.4 is 10.1 Å². The van der Waals surface area contributed by atoms with Gasteiger partial charge in [-0.3, -0.25) is 4.79 Å². The van der Waals surface area contributed by atoms with Gasteiger partial charge in [-0.2, -0.15) is 0 Å². The van der Waals surface area contributed by atoms with Crippen molar-refractivity contribution in [1.82, 2.24) is 15.3 Å². The van der Waals surface area contributed by atoms with Crippen LogP contribution in [0.1, 0.15) is 24.4 Å². The van der Waals surface area contributed by atoms with Crippen molar-refractivity contribution in [3.05, 3.63) is 52.5 Å². The molecule has 1 unspecified atom stereocenters. The number of hydrogen-bond acceptors (Lipinski definition) is 3. The largest absolute Gasteiger partial charge is 0.496 e. The topological polar surface area (TPSA) is 67.0 Å². The number of imidazole rings is 1. The summed E-state index contributed by atoms with van der Waals surface area (Å²) in [6.45, 7) is 1.87. The molecule has 0 saturated heterocycles. The number of carbonyl (C=O) groups is 1. The Balaban J connectivity index is 2.04. The molecular weight excluding hydrogens is 334 g/mol. The van der Waals surface area contributed by atoms with Crippen LogP contribution in [0.2, 0.25) is 0 Å². The minimum Gasteiger partial charge on any atom is -0.496 e. The van der Waals surface area contributed by atoms with Crippen LogP contribution >= 0.6 is 15.9 Å². The van der Waals surface area contributed by atoms with Crippen LogP contribution in [0.15, 0.2) is 41.1 Å². The highest BCUT2D eigenvalue weighted by Crippen LogP contribution is 2.24. The van der Waals surface area contributed by atoms with Gasteiger partial charge in [-0.1, -0.05) is 15.9 Å². The third kappa shape index (κ3) is 4.19. The van der Waals surface area contributed by atoms with E-state index in [2.05, 4.69) is 31.2 Å². The summed E-state index contributed by atoms with van der Waals surface area (Å²) in [4.78, 5) is 19.0. The Labute approximate surface area is 131 Å². The van der Waals surface area contributed by atoms with E-state index in [1.54, 1.807) is 25.6 Å². The van der Waals surface area contributed by atoms with Gasteiger partial charge < -0.3 is 15.0 Å². The van der Waals surface area contributed by atoms with E-state index >= 15 is 0 Å². The number of amides is 1. The van der Waals surface area contributed by atoms with Crippen LogP contribution in [-0.4, -0.2) is 23.0 Å². The van der Waals surface area contributed by atoms with Gasteiger partial charge in [-0.25, -0.2) is 4.98 Å². The van der Waals surface area contributed by atoms with Crippen LogP contribution in [0.5, 0.6) is 5.75 Å². The van der Waals surface area contributed by atoms with Crippen molar-refractivity contribution in [3.8, 4) is 5.75 Å². The number of carbonyl (C=O) groups excluding carboxylic acids is 1. The molecule has 0 radical (unpaired) electrons. The number of ether oxygens (including phenoxy) is 1. The Kier molecular flexibility index (Phi) is 5.16. The molecular formula is C15H16BrN3O2. The van der Waals surface area contributed by atoms with Gasteiger partial charge in [0, 0.05) is 28.5 Å². The predicted octanol–water partition coefficient (Wildman–Crippen LogP) is 3.07. The molecule has 0 fully saturated rings. The van der Waals surface area contributed by atoms with Gasteiger partial charge in [-0.15, -0.1) is 0 Å². The fraction of sp³-hybridized carbons (Fsp3) is 0.200. The molecule has 1 aromatic heterocycles.